The van der Waals surface area contributed by atoms with E-state index in [0.29, 0.717) is 25.0 Å². The standard InChI is InChI=1S/C15H25N3O/c1-12(2)7-8-17-15(16)18-9-10-19-14-6-4-5-13(3)11-14/h4-6,11-12H,7-10H2,1-3H3,(H3,16,17,18). The Bertz CT molecular complexity index is 402. The average Bonchev–Trinajstić information content (AvgIpc) is 2.34. The molecule has 106 valence electrons. The largest absolute Gasteiger partial charge is 0.492 e. The number of ether oxygens (including phenoxy) is 1. The maximum Gasteiger partial charge on any atom is 0.188 e. The first-order valence-electron chi connectivity index (χ1n) is 6.81. The van der Waals surface area contributed by atoms with Gasteiger partial charge in [0.25, 0.3) is 0 Å². The van der Waals surface area contributed by atoms with Crippen LogP contribution >= 0.6 is 0 Å². The van der Waals surface area contributed by atoms with E-state index in [4.69, 9.17) is 10.5 Å². The van der Waals surface area contributed by atoms with Gasteiger partial charge in [-0.15, -0.1) is 0 Å². The van der Waals surface area contributed by atoms with Crippen molar-refractivity contribution in [2.45, 2.75) is 27.2 Å². The molecule has 0 bridgehead atoms. The lowest BCUT2D eigenvalue weighted by molar-refractivity contribution is 0.322. The van der Waals surface area contributed by atoms with Gasteiger partial charge in [-0.25, -0.2) is 0 Å². The first-order valence-corrected chi connectivity index (χ1v) is 6.81. The van der Waals surface area contributed by atoms with Crippen LogP contribution in [0.5, 0.6) is 5.75 Å². The number of aliphatic imine (C=N–C) groups is 1. The lowest BCUT2D eigenvalue weighted by atomic mass is 10.1. The molecule has 0 atom stereocenters. The van der Waals surface area contributed by atoms with Crippen molar-refractivity contribution in [2.24, 2.45) is 16.6 Å². The molecule has 4 nitrogen and oxygen atoms in total. The highest BCUT2D eigenvalue weighted by Crippen LogP contribution is 2.11. The van der Waals surface area contributed by atoms with Crippen LogP contribution in [0, 0.1) is 12.8 Å². The van der Waals surface area contributed by atoms with Crippen molar-refractivity contribution >= 4 is 5.96 Å². The summed E-state index contributed by atoms with van der Waals surface area (Å²) >= 11 is 0. The zero-order chi connectivity index (χ0) is 14.1. The molecule has 0 fully saturated rings. The van der Waals surface area contributed by atoms with Gasteiger partial charge in [-0.2, -0.15) is 0 Å². The molecule has 1 aromatic rings. The Morgan fingerprint density at radius 3 is 2.89 bits per heavy atom. The fourth-order valence-corrected chi connectivity index (χ4v) is 1.55. The maximum atomic E-state index is 5.75. The van der Waals surface area contributed by atoms with Gasteiger partial charge in [-0.05, 0) is 37.0 Å². The molecule has 0 aliphatic carbocycles. The highest BCUT2D eigenvalue weighted by Gasteiger charge is 1.96. The molecule has 3 N–H and O–H groups in total. The topological polar surface area (TPSA) is 59.6 Å². The first kappa shape index (κ1) is 15.3. The molecule has 0 heterocycles. The molecular formula is C15H25N3O. The SMILES string of the molecule is Cc1cccc(OCCNC(N)=NCCC(C)C)c1. The summed E-state index contributed by atoms with van der Waals surface area (Å²) in [6.07, 6.45) is 1.06. The molecule has 0 amide bonds. The second-order valence-electron chi connectivity index (χ2n) is 5.04. The quantitative estimate of drug-likeness (QED) is 0.451. The molecule has 4 heteroatoms. The number of benzene rings is 1. The number of aryl methyl sites for hydroxylation is 1. The maximum absolute atomic E-state index is 5.75. The molecule has 19 heavy (non-hydrogen) atoms. The van der Waals surface area contributed by atoms with Crippen molar-refractivity contribution in [1.29, 1.82) is 0 Å². The molecule has 0 saturated carbocycles. The summed E-state index contributed by atoms with van der Waals surface area (Å²) in [4.78, 5) is 4.25. The zero-order valence-electron chi connectivity index (χ0n) is 12.1. The Kier molecular flexibility index (Phi) is 6.79. The summed E-state index contributed by atoms with van der Waals surface area (Å²) in [5.74, 6) is 2.03. The smallest absolute Gasteiger partial charge is 0.188 e. The van der Waals surface area contributed by atoms with Crippen molar-refractivity contribution in [3.8, 4) is 5.75 Å². The van der Waals surface area contributed by atoms with Gasteiger partial charge >= 0.3 is 0 Å². The average molecular weight is 263 g/mol. The molecule has 1 rings (SSSR count). The Morgan fingerprint density at radius 2 is 2.21 bits per heavy atom. The predicted molar refractivity (Wildman–Crippen MR) is 80.6 cm³/mol. The molecule has 1 aromatic carbocycles. The first-order chi connectivity index (χ1) is 9.08. The van der Waals surface area contributed by atoms with Gasteiger partial charge in [0.2, 0.25) is 0 Å². The van der Waals surface area contributed by atoms with Crippen molar-refractivity contribution in [2.75, 3.05) is 19.7 Å². The van der Waals surface area contributed by atoms with Crippen LogP contribution in [-0.4, -0.2) is 25.7 Å². The van der Waals surface area contributed by atoms with Crippen molar-refractivity contribution in [3.05, 3.63) is 29.8 Å². The number of hydrogen-bond acceptors (Lipinski definition) is 2. The van der Waals surface area contributed by atoms with Crippen LogP contribution in [0.3, 0.4) is 0 Å². The fourth-order valence-electron chi connectivity index (χ4n) is 1.55. The van der Waals surface area contributed by atoms with E-state index < -0.39 is 0 Å². The van der Waals surface area contributed by atoms with E-state index in [1.54, 1.807) is 0 Å². The van der Waals surface area contributed by atoms with Gasteiger partial charge in [0, 0.05) is 6.54 Å². The van der Waals surface area contributed by atoms with Crippen LogP contribution in [-0.2, 0) is 0 Å². The van der Waals surface area contributed by atoms with Crippen LogP contribution in [0.4, 0.5) is 0 Å². The van der Waals surface area contributed by atoms with Gasteiger partial charge < -0.3 is 15.8 Å². The number of guanidine groups is 1. The van der Waals surface area contributed by atoms with Crippen molar-refractivity contribution in [1.82, 2.24) is 5.32 Å². The van der Waals surface area contributed by atoms with Crippen LogP contribution in [0.2, 0.25) is 0 Å². The van der Waals surface area contributed by atoms with Crippen LogP contribution in [0.15, 0.2) is 29.3 Å². The summed E-state index contributed by atoms with van der Waals surface area (Å²) in [5, 5.41) is 3.04. The van der Waals surface area contributed by atoms with E-state index in [2.05, 4.69) is 24.2 Å². The highest BCUT2D eigenvalue weighted by atomic mass is 16.5. The molecule has 0 aromatic heterocycles. The minimum Gasteiger partial charge on any atom is -0.492 e. The van der Waals surface area contributed by atoms with E-state index in [0.717, 1.165) is 18.7 Å². The molecule has 0 spiro atoms. The van der Waals surface area contributed by atoms with Crippen molar-refractivity contribution in [3.63, 3.8) is 0 Å². The summed E-state index contributed by atoms with van der Waals surface area (Å²) in [6.45, 7) is 8.40. The van der Waals surface area contributed by atoms with E-state index >= 15 is 0 Å². The zero-order valence-corrected chi connectivity index (χ0v) is 12.1. The lowest BCUT2D eigenvalue weighted by Crippen LogP contribution is -2.34. The fraction of sp³-hybridized carbons (Fsp3) is 0.533. The number of rotatable bonds is 7. The number of nitrogens with one attached hydrogen (secondary N) is 1. The van der Waals surface area contributed by atoms with Crippen LogP contribution in [0.25, 0.3) is 0 Å². The van der Waals surface area contributed by atoms with Gasteiger partial charge in [0.15, 0.2) is 5.96 Å². The number of hydrogen-bond donors (Lipinski definition) is 2. The van der Waals surface area contributed by atoms with E-state index in [1.165, 1.54) is 5.56 Å². The third kappa shape index (κ3) is 7.34. The van der Waals surface area contributed by atoms with E-state index in [9.17, 15) is 0 Å². The monoisotopic (exact) mass is 263 g/mol. The second kappa shape index (κ2) is 8.40. The van der Waals surface area contributed by atoms with E-state index in [1.807, 2.05) is 31.2 Å². The van der Waals surface area contributed by atoms with Crippen LogP contribution < -0.4 is 15.8 Å². The summed E-state index contributed by atoms with van der Waals surface area (Å²) in [5.41, 5.74) is 6.94. The highest BCUT2D eigenvalue weighted by molar-refractivity contribution is 5.77. The Labute approximate surface area is 116 Å². The predicted octanol–water partition coefficient (Wildman–Crippen LogP) is 2.32. The minimum absolute atomic E-state index is 0.494. The molecular weight excluding hydrogens is 238 g/mol. The summed E-state index contributed by atoms with van der Waals surface area (Å²) < 4.78 is 5.61. The summed E-state index contributed by atoms with van der Waals surface area (Å²) in [6, 6.07) is 8.00. The Balaban J connectivity index is 2.16. The third-order valence-corrected chi connectivity index (χ3v) is 2.66. The van der Waals surface area contributed by atoms with Crippen LogP contribution in [0.1, 0.15) is 25.8 Å². The van der Waals surface area contributed by atoms with Gasteiger partial charge in [-0.3, -0.25) is 4.99 Å². The Hall–Kier alpha value is -1.71. The minimum atomic E-state index is 0.494. The molecule has 0 unspecified atom stereocenters. The second-order valence-corrected chi connectivity index (χ2v) is 5.04. The van der Waals surface area contributed by atoms with Crippen molar-refractivity contribution < 1.29 is 4.74 Å². The van der Waals surface area contributed by atoms with E-state index in [-0.39, 0.29) is 0 Å². The molecule has 0 saturated heterocycles. The van der Waals surface area contributed by atoms with Gasteiger partial charge in [0.05, 0.1) is 6.54 Å². The lowest BCUT2D eigenvalue weighted by Gasteiger charge is -2.09. The Morgan fingerprint density at radius 1 is 1.42 bits per heavy atom. The normalized spacial score (nSPS) is 11.7. The molecule has 0 radical (unpaired) electrons. The molecule has 0 aliphatic rings. The summed E-state index contributed by atoms with van der Waals surface area (Å²) in [7, 11) is 0. The van der Waals surface area contributed by atoms with Gasteiger partial charge in [-0.1, -0.05) is 26.0 Å². The third-order valence-electron chi connectivity index (χ3n) is 2.66. The number of nitrogens with two attached hydrogens (primary N) is 1. The number of nitrogens with zero attached hydrogens (tertiary/aromatic N) is 1. The molecule has 0 aliphatic heterocycles. The van der Waals surface area contributed by atoms with Gasteiger partial charge in [0.1, 0.15) is 12.4 Å².